The molecule has 0 heterocycles. The van der Waals surface area contributed by atoms with E-state index in [-0.39, 0.29) is 12.5 Å². The van der Waals surface area contributed by atoms with Crippen molar-refractivity contribution in [2.45, 2.75) is 26.9 Å². The van der Waals surface area contributed by atoms with Crippen molar-refractivity contribution in [1.29, 1.82) is 0 Å². The smallest absolute Gasteiger partial charge is 0.251 e. The van der Waals surface area contributed by atoms with E-state index >= 15 is 0 Å². The van der Waals surface area contributed by atoms with Crippen molar-refractivity contribution in [2.75, 3.05) is 10.6 Å². The van der Waals surface area contributed by atoms with Crippen LogP contribution >= 0.6 is 11.6 Å². The molecule has 0 atom stereocenters. The summed E-state index contributed by atoms with van der Waals surface area (Å²) in [5.41, 5.74) is 4.59. The van der Waals surface area contributed by atoms with Gasteiger partial charge < -0.3 is 5.32 Å². The molecule has 0 saturated heterocycles. The monoisotopic (exact) mass is 456 g/mol. The Labute approximate surface area is 188 Å². The first-order chi connectivity index (χ1) is 14.7. The molecule has 0 spiro atoms. The number of nitrogens with one attached hydrogen (secondary N) is 1. The Morgan fingerprint density at radius 3 is 2.13 bits per heavy atom. The number of amides is 1. The van der Waals surface area contributed by atoms with Crippen molar-refractivity contribution in [2.24, 2.45) is 0 Å². The molecular weight excluding hydrogens is 432 g/mol. The van der Waals surface area contributed by atoms with E-state index in [0.29, 0.717) is 22.8 Å². The van der Waals surface area contributed by atoms with Crippen LogP contribution in [0.4, 0.5) is 5.69 Å². The number of hydrogen-bond acceptors (Lipinski definition) is 3. The lowest BCUT2D eigenvalue weighted by Crippen LogP contribution is -2.30. The van der Waals surface area contributed by atoms with Crippen LogP contribution in [0.5, 0.6) is 0 Å². The van der Waals surface area contributed by atoms with Crippen molar-refractivity contribution in [3.8, 4) is 0 Å². The van der Waals surface area contributed by atoms with Gasteiger partial charge in [-0.3, -0.25) is 9.10 Å². The molecule has 0 aliphatic carbocycles. The van der Waals surface area contributed by atoms with Crippen LogP contribution in [0.25, 0.3) is 0 Å². The largest absolute Gasteiger partial charge is 0.348 e. The summed E-state index contributed by atoms with van der Waals surface area (Å²) in [6.07, 6.45) is 1.20. The van der Waals surface area contributed by atoms with Gasteiger partial charge in [-0.15, -0.1) is 0 Å². The van der Waals surface area contributed by atoms with Crippen molar-refractivity contribution >= 4 is 33.2 Å². The van der Waals surface area contributed by atoms with Crippen LogP contribution < -0.4 is 9.62 Å². The molecule has 1 amide bonds. The van der Waals surface area contributed by atoms with Crippen LogP contribution in [0.3, 0.4) is 0 Å². The lowest BCUT2D eigenvalue weighted by molar-refractivity contribution is 0.0951. The van der Waals surface area contributed by atoms with E-state index < -0.39 is 10.0 Å². The van der Waals surface area contributed by atoms with Crippen LogP contribution in [-0.2, 0) is 23.1 Å². The Bertz CT molecular complexity index is 1170. The predicted molar refractivity (Wildman–Crippen MR) is 126 cm³/mol. The van der Waals surface area contributed by atoms with Crippen LogP contribution in [-0.4, -0.2) is 20.6 Å². The quantitative estimate of drug-likeness (QED) is 0.552. The highest BCUT2D eigenvalue weighted by molar-refractivity contribution is 7.92. The van der Waals surface area contributed by atoms with Crippen LogP contribution in [0.2, 0.25) is 5.02 Å². The molecule has 5 nitrogen and oxygen atoms in total. The van der Waals surface area contributed by atoms with Gasteiger partial charge >= 0.3 is 0 Å². The summed E-state index contributed by atoms with van der Waals surface area (Å²) in [6, 6.07) is 20.0. The Morgan fingerprint density at radius 2 is 1.55 bits per heavy atom. The van der Waals surface area contributed by atoms with Gasteiger partial charge in [0, 0.05) is 17.1 Å². The molecule has 162 valence electrons. The van der Waals surface area contributed by atoms with Gasteiger partial charge in [0.25, 0.3) is 5.91 Å². The Kier molecular flexibility index (Phi) is 7.03. The van der Waals surface area contributed by atoms with Gasteiger partial charge in [0.05, 0.1) is 18.5 Å². The third-order valence-corrected chi connectivity index (χ3v) is 6.51. The molecule has 0 saturated carbocycles. The van der Waals surface area contributed by atoms with Crippen molar-refractivity contribution < 1.29 is 13.2 Å². The number of carbonyl (C=O) groups is 1. The second kappa shape index (κ2) is 9.54. The fourth-order valence-electron chi connectivity index (χ4n) is 3.41. The first-order valence-electron chi connectivity index (χ1n) is 9.81. The average molecular weight is 457 g/mol. The summed E-state index contributed by atoms with van der Waals surface area (Å²) < 4.78 is 26.4. The number of sulfonamides is 1. The fourth-order valence-corrected chi connectivity index (χ4v) is 4.61. The van der Waals surface area contributed by atoms with Gasteiger partial charge in [0.1, 0.15) is 0 Å². The lowest BCUT2D eigenvalue weighted by atomic mass is 10.1. The Balaban J connectivity index is 1.75. The number of nitrogens with zero attached hydrogens (tertiary/aromatic N) is 1. The predicted octanol–water partition coefficient (Wildman–Crippen LogP) is 4.85. The van der Waals surface area contributed by atoms with E-state index in [4.69, 9.17) is 11.6 Å². The van der Waals surface area contributed by atoms with Crippen molar-refractivity contribution in [3.63, 3.8) is 0 Å². The number of rotatable bonds is 7. The molecule has 31 heavy (non-hydrogen) atoms. The summed E-state index contributed by atoms with van der Waals surface area (Å²) in [5.74, 6) is -0.221. The summed E-state index contributed by atoms with van der Waals surface area (Å²) in [7, 11) is -3.49. The molecule has 3 rings (SSSR count). The summed E-state index contributed by atoms with van der Waals surface area (Å²) in [5, 5.41) is 3.45. The zero-order valence-electron chi connectivity index (χ0n) is 17.7. The minimum Gasteiger partial charge on any atom is -0.348 e. The fraction of sp³-hybridized carbons (Fsp3) is 0.208. The van der Waals surface area contributed by atoms with E-state index in [9.17, 15) is 13.2 Å². The Morgan fingerprint density at radius 1 is 0.935 bits per heavy atom. The molecule has 0 fully saturated rings. The van der Waals surface area contributed by atoms with Gasteiger partial charge in [0.15, 0.2) is 0 Å². The molecule has 1 N–H and O–H groups in total. The highest BCUT2D eigenvalue weighted by Gasteiger charge is 2.21. The third-order valence-electron chi connectivity index (χ3n) is 5.03. The molecule has 0 aliphatic heterocycles. The summed E-state index contributed by atoms with van der Waals surface area (Å²) >= 11 is 6.13. The highest BCUT2D eigenvalue weighted by atomic mass is 35.5. The average Bonchev–Trinajstić information content (AvgIpc) is 2.72. The maximum atomic E-state index is 12.5. The minimum atomic E-state index is -3.49. The molecule has 0 aliphatic rings. The second-order valence-electron chi connectivity index (χ2n) is 7.48. The molecule has 3 aromatic rings. The van der Waals surface area contributed by atoms with Gasteiger partial charge in [-0.25, -0.2) is 8.42 Å². The second-order valence-corrected chi connectivity index (χ2v) is 9.80. The van der Waals surface area contributed by atoms with Crippen LogP contribution in [0.1, 0.15) is 32.6 Å². The number of para-hydroxylation sites is 1. The number of hydrogen-bond donors (Lipinski definition) is 1. The van der Waals surface area contributed by atoms with Crippen molar-refractivity contribution in [3.05, 3.63) is 99.6 Å². The van der Waals surface area contributed by atoms with Gasteiger partial charge in [-0.2, -0.15) is 0 Å². The molecule has 0 radical (unpaired) electrons. The standard InChI is InChI=1S/C24H25ClN2O3S/c1-17-7-6-8-18(2)23(17)27(31(3,29)30)16-19-11-13-20(14-12-19)24(28)26-15-21-9-4-5-10-22(21)25/h4-14H,15-16H2,1-3H3,(H,26,28). The molecule has 0 unspecified atom stereocenters. The van der Waals surface area contributed by atoms with E-state index in [1.165, 1.54) is 10.6 Å². The number of carbonyl (C=O) groups excluding carboxylic acids is 1. The number of aryl methyl sites for hydroxylation is 2. The number of anilines is 1. The van der Waals surface area contributed by atoms with E-state index in [1.54, 1.807) is 30.3 Å². The normalized spacial score (nSPS) is 11.2. The van der Waals surface area contributed by atoms with E-state index in [0.717, 1.165) is 22.3 Å². The zero-order valence-corrected chi connectivity index (χ0v) is 19.3. The molecule has 3 aromatic carbocycles. The highest BCUT2D eigenvalue weighted by Crippen LogP contribution is 2.28. The van der Waals surface area contributed by atoms with Gasteiger partial charge in [0.2, 0.25) is 10.0 Å². The molecule has 0 aromatic heterocycles. The van der Waals surface area contributed by atoms with E-state index in [2.05, 4.69) is 5.32 Å². The SMILES string of the molecule is Cc1cccc(C)c1N(Cc1ccc(C(=O)NCc2ccccc2Cl)cc1)S(C)(=O)=O. The van der Waals surface area contributed by atoms with Gasteiger partial charge in [-0.05, 0) is 54.3 Å². The van der Waals surface area contributed by atoms with Crippen LogP contribution in [0.15, 0.2) is 66.7 Å². The maximum absolute atomic E-state index is 12.5. The number of halogens is 1. The Hall–Kier alpha value is -2.83. The lowest BCUT2D eigenvalue weighted by Gasteiger charge is -2.26. The third kappa shape index (κ3) is 5.66. The van der Waals surface area contributed by atoms with Gasteiger partial charge in [-0.1, -0.05) is 60.1 Å². The molecular formula is C24H25ClN2O3S. The maximum Gasteiger partial charge on any atom is 0.251 e. The summed E-state index contributed by atoms with van der Waals surface area (Å²) in [6.45, 7) is 4.31. The first kappa shape index (κ1) is 22.8. The van der Waals surface area contributed by atoms with E-state index in [1.807, 2.05) is 50.2 Å². The topological polar surface area (TPSA) is 66.5 Å². The van der Waals surface area contributed by atoms with Crippen molar-refractivity contribution in [1.82, 2.24) is 5.32 Å². The minimum absolute atomic E-state index is 0.187. The zero-order chi connectivity index (χ0) is 22.6. The molecule has 0 bridgehead atoms. The van der Waals surface area contributed by atoms with Crippen LogP contribution in [0, 0.1) is 13.8 Å². The number of benzene rings is 3. The first-order valence-corrected chi connectivity index (χ1v) is 12.0. The molecule has 7 heteroatoms. The summed E-state index contributed by atoms with van der Waals surface area (Å²) in [4.78, 5) is 12.5.